The third-order valence-electron chi connectivity index (χ3n) is 7.22. The average molecular weight is 400 g/mol. The van der Waals surface area contributed by atoms with Crippen LogP contribution in [0.15, 0.2) is 48.0 Å². The molecule has 3 saturated carbocycles. The molecule has 3 aromatic rings. The van der Waals surface area contributed by atoms with Crippen molar-refractivity contribution in [3.8, 4) is 5.69 Å². The van der Waals surface area contributed by atoms with Gasteiger partial charge in [0.25, 0.3) is 0 Å². The number of hydrogen-bond donors (Lipinski definition) is 1. The number of carbonyl (C=O) groups is 1. The summed E-state index contributed by atoms with van der Waals surface area (Å²) in [6.07, 6.45) is 3.92. The van der Waals surface area contributed by atoms with E-state index < -0.39 is 11.4 Å². The van der Waals surface area contributed by atoms with E-state index in [0.717, 1.165) is 33.4 Å². The number of allylic oxidation sites excluding steroid dienone is 1. The summed E-state index contributed by atoms with van der Waals surface area (Å²) in [6, 6.07) is 10.9. The molecule has 2 aromatic carbocycles. The second-order valence-corrected chi connectivity index (χ2v) is 9.25. The van der Waals surface area contributed by atoms with Gasteiger partial charge in [-0.3, -0.25) is 9.79 Å². The van der Waals surface area contributed by atoms with Crippen molar-refractivity contribution < 1.29 is 14.3 Å². The van der Waals surface area contributed by atoms with Gasteiger partial charge >= 0.3 is 5.97 Å². The molecule has 2 bridgehead atoms. The van der Waals surface area contributed by atoms with Gasteiger partial charge in [-0.15, -0.1) is 0 Å². The third-order valence-corrected chi connectivity index (χ3v) is 7.22. The zero-order chi connectivity index (χ0) is 20.8. The van der Waals surface area contributed by atoms with Crippen LogP contribution in [0.5, 0.6) is 0 Å². The van der Waals surface area contributed by atoms with Crippen molar-refractivity contribution in [2.75, 3.05) is 0 Å². The lowest BCUT2D eigenvalue weighted by molar-refractivity contribution is -0.194. The maximum absolute atomic E-state index is 13.6. The number of aliphatic imine (C=N–C) groups is 1. The molecule has 30 heavy (non-hydrogen) atoms. The Morgan fingerprint density at radius 1 is 1.20 bits per heavy atom. The second kappa shape index (κ2) is 5.48. The first-order valence-corrected chi connectivity index (χ1v) is 10.2. The average Bonchev–Trinajstić information content (AvgIpc) is 3.20. The van der Waals surface area contributed by atoms with E-state index >= 15 is 0 Å². The molecular weight excluding hydrogens is 379 g/mol. The largest absolute Gasteiger partial charge is 0.481 e. The number of aromatic nitrogens is 1. The van der Waals surface area contributed by atoms with Crippen LogP contribution in [0, 0.1) is 11.2 Å². The maximum atomic E-state index is 13.6. The van der Waals surface area contributed by atoms with Gasteiger partial charge in [-0.1, -0.05) is 6.58 Å². The topological polar surface area (TPSA) is 54.6 Å². The van der Waals surface area contributed by atoms with Crippen LogP contribution in [0.4, 0.5) is 4.39 Å². The third kappa shape index (κ3) is 2.05. The second-order valence-electron chi connectivity index (χ2n) is 9.25. The molecule has 1 aliphatic heterocycles. The number of benzene rings is 2. The highest BCUT2D eigenvalue weighted by molar-refractivity contribution is 5.99. The molecular formula is C25H21FN2O2. The minimum atomic E-state index is -0.683. The van der Waals surface area contributed by atoms with Gasteiger partial charge < -0.3 is 9.67 Å². The molecule has 1 N–H and O–H groups in total. The van der Waals surface area contributed by atoms with Crippen molar-refractivity contribution in [3.63, 3.8) is 0 Å². The zero-order valence-corrected chi connectivity index (χ0v) is 16.7. The number of nitrogens with zero attached hydrogens (tertiary/aromatic N) is 2. The van der Waals surface area contributed by atoms with Crippen molar-refractivity contribution in [1.82, 2.24) is 4.57 Å². The number of hydrogen-bond acceptors (Lipinski definition) is 2. The number of fused-ring (bicyclic) bond motifs is 2. The summed E-state index contributed by atoms with van der Waals surface area (Å²) < 4.78 is 15.8. The Kier molecular flexibility index (Phi) is 3.22. The van der Waals surface area contributed by atoms with Crippen molar-refractivity contribution >= 4 is 28.7 Å². The predicted molar refractivity (Wildman–Crippen MR) is 115 cm³/mol. The number of aliphatic carboxylic acids is 1. The lowest BCUT2D eigenvalue weighted by Gasteiger charge is -2.68. The van der Waals surface area contributed by atoms with Crippen LogP contribution >= 0.6 is 0 Å². The molecule has 7 rings (SSSR count). The first-order valence-electron chi connectivity index (χ1n) is 10.2. The molecule has 3 fully saturated rings. The molecule has 4 aliphatic rings. The van der Waals surface area contributed by atoms with Crippen molar-refractivity contribution in [1.29, 1.82) is 0 Å². The van der Waals surface area contributed by atoms with E-state index in [9.17, 15) is 14.3 Å². The van der Waals surface area contributed by atoms with Gasteiger partial charge in [0.05, 0.1) is 23.2 Å². The van der Waals surface area contributed by atoms with E-state index in [1.807, 2.05) is 13.1 Å². The van der Waals surface area contributed by atoms with Gasteiger partial charge in [0.2, 0.25) is 0 Å². The quantitative estimate of drug-likeness (QED) is 0.651. The van der Waals surface area contributed by atoms with Crippen LogP contribution in [0.1, 0.15) is 48.6 Å². The molecule has 3 aliphatic carbocycles. The normalized spacial score (nSPS) is 25.7. The summed E-state index contributed by atoms with van der Waals surface area (Å²) >= 11 is 0. The molecule has 0 spiro atoms. The van der Waals surface area contributed by atoms with Crippen molar-refractivity contribution in [2.45, 2.75) is 38.1 Å². The van der Waals surface area contributed by atoms with E-state index in [4.69, 9.17) is 0 Å². The molecule has 0 unspecified atom stereocenters. The van der Waals surface area contributed by atoms with Gasteiger partial charge in [-0.25, -0.2) is 4.39 Å². The molecule has 4 nitrogen and oxygen atoms in total. The maximum Gasteiger partial charge on any atom is 0.309 e. The summed E-state index contributed by atoms with van der Waals surface area (Å²) in [5.74, 6) is -0.957. The number of carboxylic acid groups (broad SMARTS) is 1. The van der Waals surface area contributed by atoms with Crippen LogP contribution in [0.3, 0.4) is 0 Å². The molecule has 0 saturated heterocycles. The van der Waals surface area contributed by atoms with Gasteiger partial charge in [0.1, 0.15) is 5.82 Å². The molecule has 0 amide bonds. The Morgan fingerprint density at radius 3 is 2.53 bits per heavy atom. The summed E-state index contributed by atoms with van der Waals surface area (Å²) in [7, 11) is 0. The van der Waals surface area contributed by atoms with Crippen molar-refractivity contribution in [3.05, 3.63) is 71.2 Å². The fourth-order valence-corrected chi connectivity index (χ4v) is 5.97. The highest BCUT2D eigenvalue weighted by Crippen LogP contribution is 2.75. The first-order chi connectivity index (χ1) is 14.3. The minimum absolute atomic E-state index is 0.121. The highest BCUT2D eigenvalue weighted by Gasteiger charge is 2.73. The van der Waals surface area contributed by atoms with Crippen LogP contribution in [0.2, 0.25) is 0 Å². The summed E-state index contributed by atoms with van der Waals surface area (Å²) in [5, 5.41) is 10.8. The molecule has 2 heterocycles. The Bertz CT molecular complexity index is 1290. The van der Waals surface area contributed by atoms with E-state index in [-0.39, 0.29) is 11.2 Å². The summed E-state index contributed by atoms with van der Waals surface area (Å²) in [4.78, 5) is 16.2. The smallest absolute Gasteiger partial charge is 0.309 e. The lowest BCUT2D eigenvalue weighted by atomic mass is 9.33. The van der Waals surface area contributed by atoms with Gasteiger partial charge in [-0.2, -0.15) is 0 Å². The van der Waals surface area contributed by atoms with Gasteiger partial charge in [-0.05, 0) is 84.8 Å². The Labute approximate surface area is 173 Å². The van der Waals surface area contributed by atoms with Crippen LogP contribution in [0.25, 0.3) is 22.2 Å². The Balaban J connectivity index is 1.66. The number of carboxylic acids is 1. The predicted octanol–water partition coefficient (Wildman–Crippen LogP) is 5.24. The zero-order valence-electron chi connectivity index (χ0n) is 16.7. The molecule has 5 heteroatoms. The van der Waals surface area contributed by atoms with E-state index in [1.54, 1.807) is 12.1 Å². The monoisotopic (exact) mass is 400 g/mol. The van der Waals surface area contributed by atoms with Crippen LogP contribution < -0.4 is 0 Å². The molecule has 1 aromatic heterocycles. The van der Waals surface area contributed by atoms with Crippen LogP contribution in [-0.2, 0) is 16.8 Å². The number of halogens is 1. The SMILES string of the molecule is C=C(C)c1c(C23CC(C(=O)O)(C2)C3)c2cc3c(cc2n1-c1ccc(F)cc1)C=NC3. The lowest BCUT2D eigenvalue weighted by Crippen LogP contribution is -2.68. The first kappa shape index (κ1) is 17.6. The molecule has 0 radical (unpaired) electrons. The Hall–Kier alpha value is -3.21. The molecule has 0 atom stereocenters. The number of rotatable bonds is 4. The highest BCUT2D eigenvalue weighted by atomic mass is 19.1. The van der Waals surface area contributed by atoms with Crippen molar-refractivity contribution in [2.24, 2.45) is 10.4 Å². The minimum Gasteiger partial charge on any atom is -0.481 e. The standard InChI is InChI=1S/C25H21FN2O2/c1-14(2)22-21(24-11-25(12-24,13-24)23(29)30)19-7-15-9-27-10-16(15)8-20(19)28(22)18-5-3-17(26)4-6-18/h3-8,10H,1,9,11-13H2,2H3,(H,29,30). The van der Waals surface area contributed by atoms with E-state index in [2.05, 4.69) is 28.3 Å². The Morgan fingerprint density at radius 2 is 1.90 bits per heavy atom. The fraction of sp³-hybridized carbons (Fsp3) is 0.280. The fourth-order valence-electron chi connectivity index (χ4n) is 5.97. The summed E-state index contributed by atoms with van der Waals surface area (Å²) in [6.45, 7) is 6.93. The molecule has 150 valence electrons. The summed E-state index contributed by atoms with van der Waals surface area (Å²) in [5.41, 5.74) is 6.67. The van der Waals surface area contributed by atoms with E-state index in [1.165, 1.54) is 23.3 Å². The van der Waals surface area contributed by atoms with Gasteiger partial charge in [0.15, 0.2) is 0 Å². The van der Waals surface area contributed by atoms with Gasteiger partial charge in [0, 0.05) is 22.7 Å². The van der Waals surface area contributed by atoms with Crippen LogP contribution in [-0.4, -0.2) is 21.9 Å². The van der Waals surface area contributed by atoms with E-state index in [0.29, 0.717) is 25.8 Å².